The highest BCUT2D eigenvalue weighted by molar-refractivity contribution is 5.96. The molecule has 1 aromatic rings. The first kappa shape index (κ1) is 11.0. The van der Waals surface area contributed by atoms with Crippen molar-refractivity contribution in [3.05, 3.63) is 28.6 Å². The Kier molecular flexibility index (Phi) is 2.95. The molecule has 0 aliphatic heterocycles. The van der Waals surface area contributed by atoms with Crippen LogP contribution in [0.5, 0.6) is 0 Å². The van der Waals surface area contributed by atoms with Crippen LogP contribution in [0.4, 0.5) is 8.78 Å². The maximum absolute atomic E-state index is 12.6. The van der Waals surface area contributed by atoms with Crippen molar-refractivity contribution >= 4 is 5.91 Å². The van der Waals surface area contributed by atoms with Crippen LogP contribution in [0.1, 0.15) is 33.6 Å². The molecule has 1 amide bonds. The Hall–Kier alpha value is -2.03. The number of nitrogens with two attached hydrogens (primary N) is 1. The van der Waals surface area contributed by atoms with Crippen LogP contribution in [-0.2, 0) is 0 Å². The smallest absolute Gasteiger partial charge is 0.265 e. The molecule has 0 radical (unpaired) electrons. The normalized spacial score (nSPS) is 10.1. The van der Waals surface area contributed by atoms with E-state index < -0.39 is 23.5 Å². The van der Waals surface area contributed by atoms with Crippen LogP contribution in [0.2, 0.25) is 0 Å². The van der Waals surface area contributed by atoms with Crippen LogP contribution in [0.3, 0.4) is 0 Å². The molecule has 0 aromatic carbocycles. The highest BCUT2D eigenvalue weighted by Crippen LogP contribution is 2.27. The predicted molar refractivity (Wildman–Crippen MR) is 47.2 cm³/mol. The molecule has 0 aliphatic carbocycles. The Morgan fingerprint density at radius 2 is 2.27 bits per heavy atom. The molecule has 78 valence electrons. The fourth-order valence-electron chi connectivity index (χ4n) is 1.24. The van der Waals surface area contributed by atoms with E-state index in [1.165, 1.54) is 6.92 Å². The van der Waals surface area contributed by atoms with Crippen LogP contribution in [0.25, 0.3) is 0 Å². The van der Waals surface area contributed by atoms with E-state index >= 15 is 0 Å². The van der Waals surface area contributed by atoms with Crippen molar-refractivity contribution in [2.24, 2.45) is 5.73 Å². The molecular formula is C9H7F2N3O. The zero-order valence-corrected chi connectivity index (χ0v) is 7.79. The first-order chi connectivity index (χ1) is 6.99. The summed E-state index contributed by atoms with van der Waals surface area (Å²) in [6.45, 7) is 1.38. The molecule has 1 heterocycles. The number of aryl methyl sites for hydroxylation is 1. The lowest BCUT2D eigenvalue weighted by Crippen LogP contribution is -2.18. The van der Waals surface area contributed by atoms with E-state index in [9.17, 15) is 13.6 Å². The number of pyridine rings is 1. The molecule has 1 aromatic heterocycles. The summed E-state index contributed by atoms with van der Waals surface area (Å²) in [7, 11) is 0. The minimum Gasteiger partial charge on any atom is -0.365 e. The fourth-order valence-corrected chi connectivity index (χ4v) is 1.24. The van der Waals surface area contributed by atoms with Crippen LogP contribution in [0, 0.1) is 18.3 Å². The monoisotopic (exact) mass is 211 g/mol. The first-order valence-electron chi connectivity index (χ1n) is 3.96. The van der Waals surface area contributed by atoms with Gasteiger partial charge in [0.1, 0.15) is 6.07 Å². The van der Waals surface area contributed by atoms with Crippen molar-refractivity contribution < 1.29 is 13.6 Å². The highest BCUT2D eigenvalue weighted by atomic mass is 19.3. The van der Waals surface area contributed by atoms with E-state index in [1.807, 2.05) is 0 Å². The number of primary amides is 1. The minimum absolute atomic E-state index is 0.137. The number of alkyl halides is 2. The van der Waals surface area contributed by atoms with Gasteiger partial charge in [-0.1, -0.05) is 0 Å². The third-order valence-electron chi connectivity index (χ3n) is 1.89. The van der Waals surface area contributed by atoms with E-state index in [0.717, 1.165) is 6.20 Å². The van der Waals surface area contributed by atoms with Gasteiger partial charge in [-0.05, 0) is 12.5 Å². The first-order valence-corrected chi connectivity index (χ1v) is 3.96. The van der Waals surface area contributed by atoms with Gasteiger partial charge in [0.15, 0.2) is 5.69 Å². The molecule has 4 nitrogen and oxygen atoms in total. The summed E-state index contributed by atoms with van der Waals surface area (Å²) >= 11 is 0. The second kappa shape index (κ2) is 4.00. The van der Waals surface area contributed by atoms with Gasteiger partial charge in [0, 0.05) is 11.8 Å². The summed E-state index contributed by atoms with van der Waals surface area (Å²) in [6, 6.07) is 1.55. The summed E-state index contributed by atoms with van der Waals surface area (Å²) in [5.41, 5.74) is 3.69. The van der Waals surface area contributed by atoms with Crippen molar-refractivity contribution in [3.8, 4) is 6.07 Å². The van der Waals surface area contributed by atoms with Gasteiger partial charge in [0.25, 0.3) is 12.3 Å². The number of hydrogen-bond acceptors (Lipinski definition) is 3. The van der Waals surface area contributed by atoms with Gasteiger partial charge >= 0.3 is 0 Å². The minimum atomic E-state index is -2.86. The van der Waals surface area contributed by atoms with Crippen LogP contribution >= 0.6 is 0 Å². The van der Waals surface area contributed by atoms with Crippen molar-refractivity contribution in [3.63, 3.8) is 0 Å². The molecule has 0 saturated heterocycles. The lowest BCUT2D eigenvalue weighted by molar-refractivity contribution is 0.0984. The predicted octanol–water partition coefficient (Wildman–Crippen LogP) is 1.30. The molecule has 0 spiro atoms. The van der Waals surface area contributed by atoms with Gasteiger partial charge in [-0.2, -0.15) is 5.26 Å². The Morgan fingerprint density at radius 3 is 2.67 bits per heavy atom. The number of halogens is 2. The number of aromatic nitrogens is 1. The van der Waals surface area contributed by atoms with Crippen molar-refractivity contribution in [2.75, 3.05) is 0 Å². The van der Waals surface area contributed by atoms with E-state index in [4.69, 9.17) is 11.0 Å². The number of carbonyl (C=O) groups excluding carboxylic acids is 1. The number of nitrogens with zero attached hydrogens (tertiary/aromatic N) is 2. The van der Waals surface area contributed by atoms with Crippen LogP contribution in [-0.4, -0.2) is 10.9 Å². The quantitative estimate of drug-likeness (QED) is 0.800. The molecule has 0 aliphatic rings. The van der Waals surface area contributed by atoms with Gasteiger partial charge in [-0.3, -0.25) is 4.79 Å². The van der Waals surface area contributed by atoms with Gasteiger partial charge in [-0.25, -0.2) is 13.8 Å². The number of rotatable bonds is 2. The Morgan fingerprint density at radius 1 is 1.67 bits per heavy atom. The van der Waals surface area contributed by atoms with Gasteiger partial charge in [-0.15, -0.1) is 0 Å². The average Bonchev–Trinajstić information content (AvgIpc) is 2.16. The van der Waals surface area contributed by atoms with Gasteiger partial charge in [0.05, 0.1) is 5.56 Å². The maximum atomic E-state index is 12.6. The van der Waals surface area contributed by atoms with Crippen molar-refractivity contribution in [1.29, 1.82) is 5.26 Å². The highest BCUT2D eigenvalue weighted by Gasteiger charge is 2.23. The molecule has 2 N–H and O–H groups in total. The van der Waals surface area contributed by atoms with E-state index in [0.29, 0.717) is 0 Å². The van der Waals surface area contributed by atoms with E-state index in [1.54, 1.807) is 6.07 Å². The largest absolute Gasteiger partial charge is 0.365 e. The molecule has 6 heteroatoms. The topological polar surface area (TPSA) is 79.8 Å². The Labute approximate surface area is 84.3 Å². The Balaban J connectivity index is 3.60. The molecule has 15 heavy (non-hydrogen) atoms. The van der Waals surface area contributed by atoms with Gasteiger partial charge < -0.3 is 5.73 Å². The molecule has 0 bridgehead atoms. The fraction of sp³-hybridized carbons (Fsp3) is 0.222. The van der Waals surface area contributed by atoms with Crippen molar-refractivity contribution in [2.45, 2.75) is 13.3 Å². The molecule has 0 fully saturated rings. The summed E-state index contributed by atoms with van der Waals surface area (Å²) in [5, 5.41) is 8.60. The molecular weight excluding hydrogens is 204 g/mol. The lowest BCUT2D eigenvalue weighted by atomic mass is 10.0. The maximum Gasteiger partial charge on any atom is 0.265 e. The van der Waals surface area contributed by atoms with Crippen molar-refractivity contribution in [1.82, 2.24) is 4.98 Å². The number of amides is 1. The average molecular weight is 211 g/mol. The van der Waals surface area contributed by atoms with E-state index in [2.05, 4.69) is 4.98 Å². The Bertz CT molecular complexity index is 451. The number of carbonyl (C=O) groups is 1. The third-order valence-corrected chi connectivity index (χ3v) is 1.89. The molecule has 0 atom stereocenters. The lowest BCUT2D eigenvalue weighted by Gasteiger charge is -2.09. The number of hydrogen-bond donors (Lipinski definition) is 1. The van der Waals surface area contributed by atoms with Crippen LogP contribution in [0.15, 0.2) is 6.20 Å². The third kappa shape index (κ3) is 1.91. The summed E-state index contributed by atoms with van der Waals surface area (Å²) in [5.74, 6) is -1.07. The van der Waals surface area contributed by atoms with Crippen LogP contribution < -0.4 is 5.73 Å². The van der Waals surface area contributed by atoms with Gasteiger partial charge in [0.2, 0.25) is 0 Å². The SMILES string of the molecule is Cc1cnc(C#N)c(C(N)=O)c1C(F)F. The summed E-state index contributed by atoms with van der Waals surface area (Å²) in [4.78, 5) is 14.5. The number of nitriles is 1. The van der Waals surface area contributed by atoms with E-state index in [-0.39, 0.29) is 11.3 Å². The molecule has 0 saturated carbocycles. The standard InChI is InChI=1S/C9H7F2N3O/c1-4-3-14-5(2-12)7(9(13)15)6(4)8(10)11/h3,8H,1H3,(H2,13,15). The summed E-state index contributed by atoms with van der Waals surface area (Å²) < 4.78 is 25.2. The summed E-state index contributed by atoms with van der Waals surface area (Å²) in [6.07, 6.45) is -1.74. The molecule has 1 rings (SSSR count). The second-order valence-electron chi connectivity index (χ2n) is 2.86. The molecule has 0 unspecified atom stereocenters. The zero-order chi connectivity index (χ0) is 11.6. The second-order valence-corrected chi connectivity index (χ2v) is 2.86. The zero-order valence-electron chi connectivity index (χ0n) is 7.79.